The standard InChI is InChI=1S/C15H21IN6O3/c1-15(2,3)25-14(23)21-4-5-24-7-9(6-21)22-13-10(11(16)20-22)12(17)18-8-19-13/h8-9H,4-7H2,1-3H3,(H2,17,18,19). The molecule has 2 N–H and O–H groups in total. The van der Waals surface area contributed by atoms with Gasteiger partial charge in [-0.05, 0) is 43.4 Å². The molecular formula is C15H21IN6O3. The lowest BCUT2D eigenvalue weighted by Gasteiger charge is -2.27. The van der Waals surface area contributed by atoms with Crippen molar-refractivity contribution in [3.05, 3.63) is 10.0 Å². The first-order valence-electron chi connectivity index (χ1n) is 7.96. The number of rotatable bonds is 1. The van der Waals surface area contributed by atoms with E-state index in [0.717, 1.165) is 9.09 Å². The van der Waals surface area contributed by atoms with Crippen molar-refractivity contribution in [1.82, 2.24) is 24.6 Å². The maximum atomic E-state index is 12.4. The Kier molecular flexibility index (Phi) is 5.00. The minimum atomic E-state index is -0.546. The van der Waals surface area contributed by atoms with E-state index in [9.17, 15) is 4.79 Å². The zero-order chi connectivity index (χ0) is 18.2. The third-order valence-corrected chi connectivity index (χ3v) is 4.48. The maximum absolute atomic E-state index is 12.4. The highest BCUT2D eigenvalue weighted by Crippen LogP contribution is 2.26. The second-order valence-electron chi connectivity index (χ2n) is 6.85. The lowest BCUT2D eigenvalue weighted by atomic mass is 10.2. The predicted octanol–water partition coefficient (Wildman–Crippen LogP) is 1.82. The largest absolute Gasteiger partial charge is 0.444 e. The number of nitrogens with zero attached hydrogens (tertiary/aromatic N) is 5. The van der Waals surface area contributed by atoms with E-state index in [2.05, 4.69) is 37.7 Å². The first-order chi connectivity index (χ1) is 11.8. The fraction of sp³-hybridized carbons (Fsp3) is 0.600. The molecule has 1 atom stereocenters. The van der Waals surface area contributed by atoms with Crippen LogP contribution in [0.1, 0.15) is 26.8 Å². The SMILES string of the molecule is CC(C)(C)OC(=O)N1CCOCC(n2nc(I)c3c(N)ncnc32)C1. The highest BCUT2D eigenvalue weighted by molar-refractivity contribution is 14.1. The van der Waals surface area contributed by atoms with Crippen molar-refractivity contribution in [3.8, 4) is 0 Å². The number of nitrogen functional groups attached to an aromatic ring is 1. The molecule has 1 aliphatic heterocycles. The van der Waals surface area contributed by atoms with Crippen LogP contribution < -0.4 is 5.73 Å². The summed E-state index contributed by atoms with van der Waals surface area (Å²) < 4.78 is 13.6. The van der Waals surface area contributed by atoms with Crippen LogP contribution >= 0.6 is 22.6 Å². The van der Waals surface area contributed by atoms with Gasteiger partial charge in [-0.2, -0.15) is 5.10 Å². The van der Waals surface area contributed by atoms with Gasteiger partial charge < -0.3 is 20.1 Å². The van der Waals surface area contributed by atoms with E-state index in [1.807, 2.05) is 20.8 Å². The van der Waals surface area contributed by atoms with Crippen molar-refractivity contribution in [2.45, 2.75) is 32.4 Å². The third-order valence-electron chi connectivity index (χ3n) is 3.72. The van der Waals surface area contributed by atoms with Crippen molar-refractivity contribution >= 4 is 45.5 Å². The van der Waals surface area contributed by atoms with E-state index in [-0.39, 0.29) is 12.1 Å². The van der Waals surface area contributed by atoms with Gasteiger partial charge >= 0.3 is 6.09 Å². The number of carbonyl (C=O) groups excluding carboxylic acids is 1. The van der Waals surface area contributed by atoms with E-state index in [1.54, 1.807) is 9.58 Å². The average Bonchev–Trinajstić information content (AvgIpc) is 2.70. The van der Waals surface area contributed by atoms with E-state index < -0.39 is 5.60 Å². The molecule has 0 saturated carbocycles. The molecule has 0 radical (unpaired) electrons. The number of halogens is 1. The molecule has 0 aliphatic carbocycles. The van der Waals surface area contributed by atoms with Gasteiger partial charge in [-0.15, -0.1) is 0 Å². The van der Waals surface area contributed by atoms with E-state index >= 15 is 0 Å². The molecule has 9 nitrogen and oxygen atoms in total. The number of hydrogen-bond acceptors (Lipinski definition) is 7. The number of ether oxygens (including phenoxy) is 2. The molecule has 0 bridgehead atoms. The molecule has 10 heteroatoms. The number of amides is 1. The lowest BCUT2D eigenvalue weighted by molar-refractivity contribution is 0.0234. The van der Waals surface area contributed by atoms with Gasteiger partial charge in [0.05, 0.1) is 24.6 Å². The molecule has 1 fully saturated rings. The second-order valence-corrected chi connectivity index (χ2v) is 7.87. The van der Waals surface area contributed by atoms with Crippen LogP contribution in [0, 0.1) is 3.70 Å². The van der Waals surface area contributed by atoms with E-state index in [1.165, 1.54) is 6.33 Å². The lowest BCUT2D eigenvalue weighted by Crippen LogP contribution is -2.40. The van der Waals surface area contributed by atoms with Gasteiger partial charge in [0.25, 0.3) is 0 Å². The molecule has 0 spiro atoms. The predicted molar refractivity (Wildman–Crippen MR) is 100 cm³/mol. The molecular weight excluding hydrogens is 439 g/mol. The summed E-state index contributed by atoms with van der Waals surface area (Å²) >= 11 is 2.11. The molecule has 2 aromatic rings. The number of hydrogen-bond donors (Lipinski definition) is 1. The van der Waals surface area contributed by atoms with Gasteiger partial charge in [0.1, 0.15) is 21.4 Å². The van der Waals surface area contributed by atoms with Gasteiger partial charge in [-0.1, -0.05) is 0 Å². The second kappa shape index (κ2) is 6.90. The summed E-state index contributed by atoms with van der Waals surface area (Å²) in [6.45, 7) is 7.31. The number of aromatic nitrogens is 4. The molecule has 1 aliphatic rings. The highest BCUT2D eigenvalue weighted by atomic mass is 127. The van der Waals surface area contributed by atoms with Crippen LogP contribution in [0.5, 0.6) is 0 Å². The van der Waals surface area contributed by atoms with Gasteiger partial charge in [-0.3, -0.25) is 0 Å². The summed E-state index contributed by atoms with van der Waals surface area (Å²) in [4.78, 5) is 22.4. The summed E-state index contributed by atoms with van der Waals surface area (Å²) in [5.74, 6) is 0.388. The molecule has 1 unspecified atom stereocenters. The molecule has 25 heavy (non-hydrogen) atoms. The van der Waals surface area contributed by atoms with Crippen LogP contribution in [-0.2, 0) is 9.47 Å². The number of carbonyl (C=O) groups is 1. The van der Waals surface area contributed by atoms with E-state index in [0.29, 0.717) is 37.8 Å². The zero-order valence-electron chi connectivity index (χ0n) is 14.4. The van der Waals surface area contributed by atoms with Crippen LogP contribution in [0.15, 0.2) is 6.33 Å². The van der Waals surface area contributed by atoms with Gasteiger partial charge in [0.15, 0.2) is 5.65 Å². The zero-order valence-corrected chi connectivity index (χ0v) is 16.6. The van der Waals surface area contributed by atoms with Crippen molar-refractivity contribution < 1.29 is 14.3 Å². The third kappa shape index (κ3) is 3.94. The Morgan fingerprint density at radius 1 is 1.44 bits per heavy atom. The minimum absolute atomic E-state index is 0.185. The Bertz CT molecular complexity index is 787. The van der Waals surface area contributed by atoms with Crippen LogP contribution in [0.4, 0.5) is 10.6 Å². The molecule has 1 amide bonds. The summed E-state index contributed by atoms with van der Waals surface area (Å²) in [7, 11) is 0. The fourth-order valence-electron chi connectivity index (χ4n) is 2.64. The topological polar surface area (TPSA) is 108 Å². The number of nitrogens with two attached hydrogens (primary N) is 1. The first kappa shape index (κ1) is 18.1. The summed E-state index contributed by atoms with van der Waals surface area (Å²) in [6, 6.07) is -0.185. The van der Waals surface area contributed by atoms with Gasteiger partial charge in [0, 0.05) is 13.1 Å². The van der Waals surface area contributed by atoms with Gasteiger partial charge in [0.2, 0.25) is 0 Å². The molecule has 136 valence electrons. The molecule has 1 saturated heterocycles. The van der Waals surface area contributed by atoms with Crippen molar-refractivity contribution in [3.63, 3.8) is 0 Å². The van der Waals surface area contributed by atoms with E-state index in [4.69, 9.17) is 15.2 Å². The molecule has 0 aromatic carbocycles. The summed E-state index contributed by atoms with van der Waals surface area (Å²) in [5.41, 5.74) is 6.04. The summed E-state index contributed by atoms with van der Waals surface area (Å²) in [5, 5.41) is 5.27. The van der Waals surface area contributed by atoms with Gasteiger partial charge in [-0.25, -0.2) is 19.4 Å². The molecule has 3 rings (SSSR count). The minimum Gasteiger partial charge on any atom is -0.444 e. The van der Waals surface area contributed by atoms with Crippen LogP contribution in [0.3, 0.4) is 0 Å². The van der Waals surface area contributed by atoms with Crippen molar-refractivity contribution in [2.75, 3.05) is 32.0 Å². The normalized spacial score (nSPS) is 19.0. The van der Waals surface area contributed by atoms with Crippen LogP contribution in [-0.4, -0.2) is 62.6 Å². The van der Waals surface area contributed by atoms with Crippen LogP contribution in [0.2, 0.25) is 0 Å². The van der Waals surface area contributed by atoms with Crippen molar-refractivity contribution in [2.24, 2.45) is 0 Å². The highest BCUT2D eigenvalue weighted by Gasteiger charge is 2.29. The molecule has 2 aromatic heterocycles. The Morgan fingerprint density at radius 3 is 2.92 bits per heavy atom. The molecule has 3 heterocycles. The smallest absolute Gasteiger partial charge is 0.410 e. The number of anilines is 1. The fourth-order valence-corrected chi connectivity index (χ4v) is 3.39. The maximum Gasteiger partial charge on any atom is 0.410 e. The average molecular weight is 460 g/mol. The Morgan fingerprint density at radius 2 is 2.20 bits per heavy atom. The first-order valence-corrected chi connectivity index (χ1v) is 9.04. The van der Waals surface area contributed by atoms with Crippen molar-refractivity contribution in [1.29, 1.82) is 0 Å². The Hall–Kier alpha value is -1.69. The Balaban J connectivity index is 1.89. The summed E-state index contributed by atoms with van der Waals surface area (Å²) in [6.07, 6.45) is 1.05. The van der Waals surface area contributed by atoms with Crippen LogP contribution in [0.25, 0.3) is 11.0 Å². The Labute approximate surface area is 159 Å². The monoisotopic (exact) mass is 460 g/mol. The number of fused-ring (bicyclic) bond motifs is 1. The quantitative estimate of drug-likeness (QED) is 0.647.